The maximum atomic E-state index is 13.0. The minimum Gasteiger partial charge on any atom is -0.348 e. The lowest BCUT2D eigenvalue weighted by atomic mass is 9.75. The fourth-order valence-electron chi connectivity index (χ4n) is 4.40. The molecule has 158 valence electrons. The van der Waals surface area contributed by atoms with Crippen LogP contribution >= 0.6 is 0 Å². The summed E-state index contributed by atoms with van der Waals surface area (Å²) in [5.41, 5.74) is 3.84. The van der Waals surface area contributed by atoms with Crippen molar-refractivity contribution in [3.05, 3.63) is 34.7 Å². The van der Waals surface area contributed by atoms with E-state index in [0.29, 0.717) is 13.0 Å². The number of ketones is 1. The van der Waals surface area contributed by atoms with E-state index in [0.717, 1.165) is 54.3 Å². The molecule has 2 heterocycles. The van der Waals surface area contributed by atoms with Crippen molar-refractivity contribution in [3.63, 3.8) is 0 Å². The van der Waals surface area contributed by atoms with E-state index >= 15 is 0 Å². The highest BCUT2D eigenvalue weighted by atomic mass is 16.2. The lowest BCUT2D eigenvalue weighted by Crippen LogP contribution is -2.31. The number of carbonyl (C=O) groups is 2. The van der Waals surface area contributed by atoms with Crippen LogP contribution in [0.15, 0.2) is 6.33 Å². The molecule has 0 N–H and O–H groups in total. The van der Waals surface area contributed by atoms with Crippen molar-refractivity contribution in [2.75, 3.05) is 7.05 Å². The summed E-state index contributed by atoms with van der Waals surface area (Å²) in [5, 5.41) is 8.06. The number of carbonyl (C=O) groups excluding carboxylic acids is 2. The van der Waals surface area contributed by atoms with Gasteiger partial charge in [0.15, 0.2) is 11.6 Å². The van der Waals surface area contributed by atoms with Gasteiger partial charge in [-0.05, 0) is 37.7 Å². The fourth-order valence-corrected chi connectivity index (χ4v) is 4.40. The predicted octanol–water partition coefficient (Wildman–Crippen LogP) is 3.17. The van der Waals surface area contributed by atoms with Crippen molar-refractivity contribution in [2.24, 2.45) is 5.41 Å². The summed E-state index contributed by atoms with van der Waals surface area (Å²) in [5.74, 6) is 0.932. The van der Waals surface area contributed by atoms with Crippen LogP contribution in [0.4, 0.5) is 0 Å². The van der Waals surface area contributed by atoms with Gasteiger partial charge in [-0.1, -0.05) is 20.8 Å². The van der Waals surface area contributed by atoms with E-state index in [4.69, 9.17) is 0 Å². The smallest absolute Gasteiger partial charge is 0.227 e. The van der Waals surface area contributed by atoms with E-state index < -0.39 is 0 Å². The topological polar surface area (TPSA) is 73.0 Å². The number of rotatable bonds is 7. The third-order valence-corrected chi connectivity index (χ3v) is 5.94. The van der Waals surface area contributed by atoms with Gasteiger partial charge < -0.3 is 14.0 Å². The maximum Gasteiger partial charge on any atom is 0.227 e. The van der Waals surface area contributed by atoms with E-state index in [1.165, 1.54) is 0 Å². The summed E-state index contributed by atoms with van der Waals surface area (Å²) in [6.45, 7) is 12.6. The lowest BCUT2D eigenvalue weighted by molar-refractivity contribution is -0.129. The van der Waals surface area contributed by atoms with Crippen LogP contribution in [0.1, 0.15) is 73.7 Å². The van der Waals surface area contributed by atoms with Gasteiger partial charge in [-0.3, -0.25) is 9.59 Å². The van der Waals surface area contributed by atoms with E-state index in [1.807, 2.05) is 18.4 Å². The quantitative estimate of drug-likeness (QED) is 0.717. The zero-order valence-corrected chi connectivity index (χ0v) is 18.6. The molecule has 0 spiro atoms. The molecule has 0 atom stereocenters. The van der Waals surface area contributed by atoms with Crippen molar-refractivity contribution in [1.29, 1.82) is 0 Å². The monoisotopic (exact) mass is 399 g/mol. The van der Waals surface area contributed by atoms with E-state index in [2.05, 4.69) is 35.5 Å². The van der Waals surface area contributed by atoms with Crippen molar-refractivity contribution in [3.8, 4) is 0 Å². The highest BCUT2D eigenvalue weighted by Gasteiger charge is 2.37. The van der Waals surface area contributed by atoms with Gasteiger partial charge in [0.1, 0.15) is 6.33 Å². The first-order valence-electron chi connectivity index (χ1n) is 10.5. The molecule has 0 fully saturated rings. The molecule has 29 heavy (non-hydrogen) atoms. The summed E-state index contributed by atoms with van der Waals surface area (Å²) in [7, 11) is 1.78. The molecule has 0 saturated heterocycles. The molecule has 0 saturated carbocycles. The standard InChI is InChI=1S/C22H33N5O2/c1-7-9-27-15(3)16(21-17(27)11-22(4,5)12-18(21)28)10-20(29)25(6)13-19-24-23-14-26(19)8-2/h14H,7-13H2,1-6H3. The molecular formula is C22H33N5O2. The van der Waals surface area contributed by atoms with Crippen LogP contribution < -0.4 is 0 Å². The Balaban J connectivity index is 1.89. The number of fused-ring (bicyclic) bond motifs is 1. The van der Waals surface area contributed by atoms with Crippen molar-refractivity contribution < 1.29 is 9.59 Å². The summed E-state index contributed by atoms with van der Waals surface area (Å²) in [4.78, 5) is 27.7. The van der Waals surface area contributed by atoms with Crippen LogP contribution in [-0.4, -0.2) is 43.0 Å². The Bertz CT molecular complexity index is 922. The zero-order chi connectivity index (χ0) is 21.3. The average molecular weight is 400 g/mol. The Morgan fingerprint density at radius 1 is 1.28 bits per heavy atom. The molecule has 0 unspecified atom stereocenters. The Morgan fingerprint density at radius 3 is 2.66 bits per heavy atom. The minimum atomic E-state index is -0.0390. The first-order valence-corrected chi connectivity index (χ1v) is 10.5. The zero-order valence-electron chi connectivity index (χ0n) is 18.6. The largest absolute Gasteiger partial charge is 0.348 e. The maximum absolute atomic E-state index is 13.0. The first-order chi connectivity index (χ1) is 13.7. The average Bonchev–Trinajstić information content (AvgIpc) is 3.18. The van der Waals surface area contributed by atoms with E-state index in [1.54, 1.807) is 18.3 Å². The molecule has 1 aliphatic carbocycles. The number of likely N-dealkylation sites (N-methyl/N-ethyl adjacent to an activating group) is 1. The number of aryl methyl sites for hydroxylation is 1. The van der Waals surface area contributed by atoms with Gasteiger partial charge >= 0.3 is 0 Å². The SMILES string of the molecule is CCCn1c(C)c(CC(=O)N(C)Cc2nncn2CC)c2c1CC(C)(C)CC2=O. The van der Waals surface area contributed by atoms with Crippen LogP contribution in [0.2, 0.25) is 0 Å². The number of hydrogen-bond donors (Lipinski definition) is 0. The van der Waals surface area contributed by atoms with Crippen molar-refractivity contribution in [1.82, 2.24) is 24.2 Å². The van der Waals surface area contributed by atoms with Gasteiger partial charge in [-0.2, -0.15) is 0 Å². The van der Waals surface area contributed by atoms with Crippen LogP contribution in [0, 0.1) is 12.3 Å². The Hall–Kier alpha value is -2.44. The third kappa shape index (κ3) is 4.14. The summed E-state index contributed by atoms with van der Waals surface area (Å²) < 4.78 is 4.20. The molecule has 3 rings (SSSR count). The molecule has 2 aromatic heterocycles. The second kappa shape index (κ2) is 8.13. The molecular weight excluding hydrogens is 366 g/mol. The lowest BCUT2D eigenvalue weighted by Gasteiger charge is -2.30. The molecule has 1 amide bonds. The van der Waals surface area contributed by atoms with Crippen LogP contribution in [0.25, 0.3) is 0 Å². The molecule has 0 aliphatic heterocycles. The van der Waals surface area contributed by atoms with E-state index in [9.17, 15) is 9.59 Å². The molecule has 0 radical (unpaired) electrons. The summed E-state index contributed by atoms with van der Waals surface area (Å²) in [6.07, 6.45) is 4.33. The molecule has 2 aromatic rings. The second-order valence-electron chi connectivity index (χ2n) is 8.94. The molecule has 7 heteroatoms. The molecule has 7 nitrogen and oxygen atoms in total. The van der Waals surface area contributed by atoms with Gasteiger partial charge in [0.2, 0.25) is 5.91 Å². The third-order valence-electron chi connectivity index (χ3n) is 5.94. The highest BCUT2D eigenvalue weighted by Crippen LogP contribution is 2.39. The number of hydrogen-bond acceptors (Lipinski definition) is 4. The Morgan fingerprint density at radius 2 is 2.00 bits per heavy atom. The second-order valence-corrected chi connectivity index (χ2v) is 8.94. The number of aromatic nitrogens is 4. The summed E-state index contributed by atoms with van der Waals surface area (Å²) >= 11 is 0. The molecule has 0 aromatic carbocycles. The first kappa shape index (κ1) is 21.3. The van der Waals surface area contributed by atoms with E-state index in [-0.39, 0.29) is 23.5 Å². The van der Waals surface area contributed by atoms with Crippen LogP contribution in [0.3, 0.4) is 0 Å². The van der Waals surface area contributed by atoms with Gasteiger partial charge in [0, 0.05) is 43.5 Å². The minimum absolute atomic E-state index is 0.00663. The van der Waals surface area contributed by atoms with Gasteiger partial charge in [-0.25, -0.2) is 0 Å². The Labute approximate surface area is 173 Å². The summed E-state index contributed by atoms with van der Waals surface area (Å²) in [6, 6.07) is 0. The predicted molar refractivity (Wildman–Crippen MR) is 112 cm³/mol. The number of Topliss-reactive ketones (excluding diaryl/α,β-unsaturated/α-hetero) is 1. The molecule has 1 aliphatic rings. The fraction of sp³-hybridized carbons (Fsp3) is 0.636. The number of nitrogens with zero attached hydrogens (tertiary/aromatic N) is 5. The normalized spacial score (nSPS) is 15.4. The number of amides is 1. The van der Waals surface area contributed by atoms with Crippen molar-refractivity contribution in [2.45, 2.75) is 79.9 Å². The Kier molecular flexibility index (Phi) is 5.96. The van der Waals surface area contributed by atoms with Gasteiger partial charge in [-0.15, -0.1) is 10.2 Å². The van der Waals surface area contributed by atoms with Crippen LogP contribution in [-0.2, 0) is 37.3 Å². The van der Waals surface area contributed by atoms with Crippen molar-refractivity contribution >= 4 is 11.7 Å². The molecule has 0 bridgehead atoms. The van der Waals surface area contributed by atoms with Gasteiger partial charge in [0.25, 0.3) is 0 Å². The highest BCUT2D eigenvalue weighted by molar-refractivity contribution is 6.01. The van der Waals surface area contributed by atoms with Gasteiger partial charge in [0.05, 0.1) is 13.0 Å². The van der Waals surface area contributed by atoms with Crippen LogP contribution in [0.5, 0.6) is 0 Å².